The van der Waals surface area contributed by atoms with Crippen LogP contribution < -0.4 is 4.74 Å². The molecule has 1 aliphatic carbocycles. The first kappa shape index (κ1) is 19.9. The molecule has 4 aromatic rings. The second-order valence-electron chi connectivity index (χ2n) is 8.02. The van der Waals surface area contributed by atoms with Crippen molar-refractivity contribution in [1.29, 1.82) is 0 Å². The van der Waals surface area contributed by atoms with Crippen LogP contribution in [-0.2, 0) is 6.42 Å². The molecule has 0 unspecified atom stereocenters. The average molecular weight is 421 g/mol. The Labute approximate surface area is 187 Å². The van der Waals surface area contributed by atoms with Crippen LogP contribution in [0.5, 0.6) is 11.5 Å². The van der Waals surface area contributed by atoms with E-state index in [0.29, 0.717) is 0 Å². The van der Waals surface area contributed by atoms with Crippen LogP contribution in [-0.4, -0.2) is 20.6 Å². The van der Waals surface area contributed by atoms with Crippen molar-refractivity contribution < 1.29 is 4.74 Å². The van der Waals surface area contributed by atoms with Gasteiger partial charge < -0.3 is 4.74 Å². The smallest absolute Gasteiger partial charge is 0.174 e. The molecule has 5 heteroatoms. The molecular formula is C27H24N4O. The van der Waals surface area contributed by atoms with Gasteiger partial charge in [-0.1, -0.05) is 59.3 Å². The minimum atomic E-state index is 0.740. The van der Waals surface area contributed by atoms with Crippen molar-refractivity contribution in [1.82, 2.24) is 20.6 Å². The normalized spacial score (nSPS) is 14.1. The highest BCUT2D eigenvalue weighted by atomic mass is 16.5. The predicted octanol–water partition coefficient (Wildman–Crippen LogP) is 6.26. The Morgan fingerprint density at radius 3 is 2.19 bits per heavy atom. The van der Waals surface area contributed by atoms with Crippen molar-refractivity contribution in [3.05, 3.63) is 106 Å². The number of benzene rings is 3. The zero-order valence-electron chi connectivity index (χ0n) is 18.2. The molecule has 0 atom stereocenters. The Balaban J connectivity index is 1.40. The maximum absolute atomic E-state index is 5.97. The molecule has 0 fully saturated rings. The largest absolute Gasteiger partial charge is 0.457 e. The number of hydrogen-bond donors (Lipinski definition) is 1. The third kappa shape index (κ3) is 4.10. The molecule has 0 saturated heterocycles. The van der Waals surface area contributed by atoms with Crippen LogP contribution in [0.25, 0.3) is 17.2 Å². The standard InChI is InChI=1S/C27H24N4O/c1-18-7-11-21(12-8-18)32-22-13-9-20(10-14-22)17-26-19(2)23(15-16-27-28-30-31-29-27)24-5-3-4-6-25(24)26/h3-14,17H,15-16H2,1-2H3,(H,28,29,30,31)/b26-17-. The molecule has 5 rings (SSSR count). The summed E-state index contributed by atoms with van der Waals surface area (Å²) in [6, 6.07) is 24.9. The number of nitrogens with zero attached hydrogens (tertiary/aromatic N) is 3. The van der Waals surface area contributed by atoms with Gasteiger partial charge >= 0.3 is 0 Å². The first-order valence-electron chi connectivity index (χ1n) is 10.8. The zero-order chi connectivity index (χ0) is 21.9. The van der Waals surface area contributed by atoms with Crippen LogP contribution in [0.15, 0.2) is 78.4 Å². The van der Waals surface area contributed by atoms with E-state index in [2.05, 4.69) is 89.1 Å². The Bertz CT molecular complexity index is 1280. The van der Waals surface area contributed by atoms with E-state index in [4.69, 9.17) is 4.74 Å². The van der Waals surface area contributed by atoms with Gasteiger partial charge in [-0.25, -0.2) is 0 Å². The lowest BCUT2D eigenvalue weighted by Gasteiger charge is -2.07. The molecule has 0 radical (unpaired) electrons. The molecule has 5 nitrogen and oxygen atoms in total. The molecule has 3 aromatic carbocycles. The summed E-state index contributed by atoms with van der Waals surface area (Å²) in [7, 11) is 0. The Morgan fingerprint density at radius 1 is 0.812 bits per heavy atom. The molecule has 1 aliphatic rings. The van der Waals surface area contributed by atoms with Gasteiger partial charge in [0.05, 0.1) is 0 Å². The molecule has 32 heavy (non-hydrogen) atoms. The zero-order valence-corrected chi connectivity index (χ0v) is 18.2. The quantitative estimate of drug-likeness (QED) is 0.400. The number of aromatic amines is 1. The van der Waals surface area contributed by atoms with E-state index < -0.39 is 0 Å². The molecule has 0 saturated carbocycles. The van der Waals surface area contributed by atoms with Gasteiger partial charge in [-0.2, -0.15) is 5.21 Å². The van der Waals surface area contributed by atoms with Crippen LogP contribution in [0.2, 0.25) is 0 Å². The number of aryl methyl sites for hydroxylation is 2. The van der Waals surface area contributed by atoms with Gasteiger partial charge in [0.2, 0.25) is 0 Å². The lowest BCUT2D eigenvalue weighted by Crippen LogP contribution is -1.92. The van der Waals surface area contributed by atoms with E-state index in [0.717, 1.165) is 35.7 Å². The van der Waals surface area contributed by atoms with Crippen LogP contribution in [0.3, 0.4) is 0 Å². The number of allylic oxidation sites excluding steroid dienone is 3. The van der Waals surface area contributed by atoms with Crippen molar-refractivity contribution in [3.8, 4) is 11.5 Å². The molecular weight excluding hydrogens is 396 g/mol. The first-order valence-corrected chi connectivity index (χ1v) is 10.8. The van der Waals surface area contributed by atoms with Crippen molar-refractivity contribution in [2.45, 2.75) is 26.7 Å². The number of tetrazole rings is 1. The molecule has 1 heterocycles. The molecule has 0 bridgehead atoms. The summed E-state index contributed by atoms with van der Waals surface area (Å²) in [6.45, 7) is 4.27. The number of aromatic nitrogens is 4. The average Bonchev–Trinajstić information content (AvgIpc) is 3.42. The van der Waals surface area contributed by atoms with E-state index >= 15 is 0 Å². The number of nitrogens with one attached hydrogen (secondary N) is 1. The van der Waals surface area contributed by atoms with Crippen LogP contribution in [0.1, 0.15) is 41.4 Å². The number of H-pyrrole nitrogens is 1. The first-order chi connectivity index (χ1) is 15.7. The third-order valence-corrected chi connectivity index (χ3v) is 5.83. The third-order valence-electron chi connectivity index (χ3n) is 5.83. The summed E-state index contributed by atoms with van der Waals surface area (Å²) >= 11 is 0. The summed E-state index contributed by atoms with van der Waals surface area (Å²) in [4.78, 5) is 0. The summed E-state index contributed by atoms with van der Waals surface area (Å²) < 4.78 is 5.97. The lowest BCUT2D eigenvalue weighted by molar-refractivity contribution is 0.482. The number of fused-ring (bicyclic) bond motifs is 1. The minimum absolute atomic E-state index is 0.740. The van der Waals surface area contributed by atoms with Gasteiger partial charge in [0, 0.05) is 6.42 Å². The lowest BCUT2D eigenvalue weighted by atomic mass is 10.0. The molecule has 0 spiro atoms. The van der Waals surface area contributed by atoms with Crippen LogP contribution >= 0.6 is 0 Å². The fraction of sp³-hybridized carbons (Fsp3) is 0.148. The molecule has 0 aliphatic heterocycles. The van der Waals surface area contributed by atoms with E-state index in [-0.39, 0.29) is 0 Å². The van der Waals surface area contributed by atoms with Gasteiger partial charge in [-0.15, -0.1) is 10.2 Å². The maximum atomic E-state index is 5.97. The van der Waals surface area contributed by atoms with E-state index in [1.165, 1.54) is 33.4 Å². The summed E-state index contributed by atoms with van der Waals surface area (Å²) in [5, 5.41) is 14.4. The highest BCUT2D eigenvalue weighted by molar-refractivity contribution is 6.05. The molecule has 158 valence electrons. The van der Waals surface area contributed by atoms with Crippen molar-refractivity contribution in [2.75, 3.05) is 0 Å². The van der Waals surface area contributed by atoms with Crippen molar-refractivity contribution in [2.24, 2.45) is 0 Å². The second-order valence-corrected chi connectivity index (χ2v) is 8.02. The monoisotopic (exact) mass is 420 g/mol. The Morgan fingerprint density at radius 2 is 1.50 bits per heavy atom. The highest BCUT2D eigenvalue weighted by Gasteiger charge is 2.23. The molecule has 1 aromatic heterocycles. The highest BCUT2D eigenvalue weighted by Crippen LogP contribution is 2.43. The van der Waals surface area contributed by atoms with Gasteiger partial charge in [-0.05, 0) is 84.0 Å². The second kappa shape index (κ2) is 8.63. The van der Waals surface area contributed by atoms with E-state index in [1.807, 2.05) is 24.3 Å². The summed E-state index contributed by atoms with van der Waals surface area (Å²) in [6.07, 6.45) is 3.89. The maximum Gasteiger partial charge on any atom is 0.174 e. The van der Waals surface area contributed by atoms with Crippen molar-refractivity contribution >= 4 is 17.2 Å². The van der Waals surface area contributed by atoms with E-state index in [1.54, 1.807) is 0 Å². The minimum Gasteiger partial charge on any atom is -0.457 e. The summed E-state index contributed by atoms with van der Waals surface area (Å²) in [5.41, 5.74) is 8.83. The van der Waals surface area contributed by atoms with Crippen LogP contribution in [0, 0.1) is 6.92 Å². The number of ether oxygens (including phenoxy) is 1. The fourth-order valence-corrected chi connectivity index (χ4v) is 4.12. The SMILES string of the molecule is CC1=C(CCc2nn[nH]n2)c2ccccc2/C1=C\c1ccc(Oc2ccc(C)cc2)cc1. The Hall–Kier alpha value is -3.99. The van der Waals surface area contributed by atoms with Gasteiger partial charge in [-0.3, -0.25) is 0 Å². The molecule has 1 N–H and O–H groups in total. The fourth-order valence-electron chi connectivity index (χ4n) is 4.12. The number of rotatable bonds is 6. The van der Waals surface area contributed by atoms with Gasteiger partial charge in [0.15, 0.2) is 5.82 Å². The topological polar surface area (TPSA) is 63.7 Å². The van der Waals surface area contributed by atoms with E-state index in [9.17, 15) is 0 Å². The van der Waals surface area contributed by atoms with Crippen molar-refractivity contribution in [3.63, 3.8) is 0 Å². The van der Waals surface area contributed by atoms with Gasteiger partial charge in [0.1, 0.15) is 11.5 Å². The number of hydrogen-bond acceptors (Lipinski definition) is 4. The van der Waals surface area contributed by atoms with Gasteiger partial charge in [0.25, 0.3) is 0 Å². The molecule has 0 amide bonds. The van der Waals surface area contributed by atoms with Crippen LogP contribution in [0.4, 0.5) is 0 Å². The predicted molar refractivity (Wildman–Crippen MR) is 127 cm³/mol. The summed E-state index contributed by atoms with van der Waals surface area (Å²) in [5.74, 6) is 2.41. The Kier molecular flexibility index (Phi) is 5.38.